The first-order chi connectivity index (χ1) is 12.2. The van der Waals surface area contributed by atoms with Gasteiger partial charge in [-0.2, -0.15) is 5.10 Å². The van der Waals surface area contributed by atoms with Gasteiger partial charge in [-0.3, -0.25) is 0 Å². The third-order valence-corrected chi connectivity index (χ3v) is 4.38. The lowest BCUT2D eigenvalue weighted by Crippen LogP contribution is -2.25. The van der Waals surface area contributed by atoms with Gasteiger partial charge in [0.2, 0.25) is 0 Å². The number of nitrogens with zero attached hydrogens (tertiary/aromatic N) is 5. The molecule has 0 bridgehead atoms. The minimum atomic E-state index is 0.180. The maximum absolute atomic E-state index is 6.03. The molecule has 6 nitrogen and oxygen atoms in total. The molecule has 0 radical (unpaired) electrons. The van der Waals surface area contributed by atoms with Gasteiger partial charge in [0.1, 0.15) is 11.9 Å². The van der Waals surface area contributed by atoms with Crippen LogP contribution in [0.3, 0.4) is 0 Å². The fourth-order valence-corrected chi connectivity index (χ4v) is 3.18. The fraction of sp³-hybridized carbons (Fsp3) is 0.316. The van der Waals surface area contributed by atoms with E-state index in [0.717, 1.165) is 48.3 Å². The Bertz CT molecular complexity index is 844. The Kier molecular flexibility index (Phi) is 4.09. The number of aromatic nitrogens is 4. The predicted molar refractivity (Wildman–Crippen MR) is 96.3 cm³/mol. The number of benzene rings is 1. The standard InChI is InChI=1S/C19H21N5O/c1-14-12-15(2)24(22-14)19-9-8-18(20-21-19)23-11-10-17(13-23)25-16-6-4-3-5-7-16/h3-9,12,17H,10-11,13H2,1-2H3. The van der Waals surface area contributed by atoms with Gasteiger partial charge in [0.15, 0.2) is 11.6 Å². The van der Waals surface area contributed by atoms with Crippen LogP contribution in [0.2, 0.25) is 0 Å². The lowest BCUT2D eigenvalue weighted by molar-refractivity contribution is 0.225. The van der Waals surface area contributed by atoms with Crippen LogP contribution in [-0.4, -0.2) is 39.2 Å². The zero-order valence-corrected chi connectivity index (χ0v) is 14.5. The molecule has 25 heavy (non-hydrogen) atoms. The zero-order valence-electron chi connectivity index (χ0n) is 14.5. The number of hydrogen-bond acceptors (Lipinski definition) is 5. The number of ether oxygens (including phenoxy) is 1. The summed E-state index contributed by atoms with van der Waals surface area (Å²) >= 11 is 0. The Labute approximate surface area is 147 Å². The molecule has 1 aromatic carbocycles. The second kappa shape index (κ2) is 6.55. The van der Waals surface area contributed by atoms with E-state index in [1.165, 1.54) is 0 Å². The molecule has 0 aliphatic carbocycles. The van der Waals surface area contributed by atoms with Crippen LogP contribution in [0.15, 0.2) is 48.5 Å². The van der Waals surface area contributed by atoms with Crippen LogP contribution >= 0.6 is 0 Å². The largest absolute Gasteiger partial charge is 0.489 e. The predicted octanol–water partition coefficient (Wildman–Crippen LogP) is 2.94. The SMILES string of the molecule is Cc1cc(C)n(-c2ccc(N3CCC(Oc4ccccc4)C3)nn2)n1. The average molecular weight is 335 g/mol. The van der Waals surface area contributed by atoms with Crippen LogP contribution in [0, 0.1) is 13.8 Å². The monoisotopic (exact) mass is 335 g/mol. The van der Waals surface area contributed by atoms with E-state index >= 15 is 0 Å². The maximum Gasteiger partial charge on any atom is 0.176 e. The van der Waals surface area contributed by atoms with Crippen molar-refractivity contribution < 1.29 is 4.74 Å². The molecular weight excluding hydrogens is 314 g/mol. The van der Waals surface area contributed by atoms with Crippen LogP contribution in [0.1, 0.15) is 17.8 Å². The topological polar surface area (TPSA) is 56.1 Å². The number of aryl methyl sites for hydroxylation is 2. The van der Waals surface area contributed by atoms with Gasteiger partial charge in [-0.05, 0) is 44.2 Å². The number of hydrogen-bond donors (Lipinski definition) is 0. The first kappa shape index (κ1) is 15.6. The van der Waals surface area contributed by atoms with E-state index in [4.69, 9.17) is 4.74 Å². The summed E-state index contributed by atoms with van der Waals surface area (Å²) in [6, 6.07) is 16.0. The van der Waals surface area contributed by atoms with Gasteiger partial charge in [0.05, 0.1) is 12.2 Å². The van der Waals surface area contributed by atoms with Crippen molar-refractivity contribution in [3.63, 3.8) is 0 Å². The first-order valence-electron chi connectivity index (χ1n) is 8.53. The molecule has 3 heterocycles. The minimum Gasteiger partial charge on any atom is -0.489 e. The van der Waals surface area contributed by atoms with Crippen molar-refractivity contribution in [3.05, 3.63) is 59.9 Å². The minimum absolute atomic E-state index is 0.180. The molecule has 1 saturated heterocycles. The second-order valence-corrected chi connectivity index (χ2v) is 6.38. The third-order valence-electron chi connectivity index (χ3n) is 4.38. The molecule has 6 heteroatoms. The molecule has 128 valence electrons. The lowest BCUT2D eigenvalue weighted by Gasteiger charge is -2.17. The van der Waals surface area contributed by atoms with E-state index in [1.807, 2.05) is 67.1 Å². The highest BCUT2D eigenvalue weighted by atomic mass is 16.5. The van der Waals surface area contributed by atoms with Crippen molar-refractivity contribution in [2.75, 3.05) is 18.0 Å². The molecule has 1 unspecified atom stereocenters. The smallest absolute Gasteiger partial charge is 0.176 e. The van der Waals surface area contributed by atoms with Gasteiger partial charge < -0.3 is 9.64 Å². The van der Waals surface area contributed by atoms with Gasteiger partial charge in [-0.25, -0.2) is 4.68 Å². The molecule has 1 aliphatic rings. The van der Waals surface area contributed by atoms with E-state index in [2.05, 4.69) is 20.2 Å². The fourth-order valence-electron chi connectivity index (χ4n) is 3.18. The summed E-state index contributed by atoms with van der Waals surface area (Å²) in [7, 11) is 0. The van der Waals surface area contributed by atoms with Crippen LogP contribution in [0.5, 0.6) is 5.75 Å². The zero-order chi connectivity index (χ0) is 17.2. The summed E-state index contributed by atoms with van der Waals surface area (Å²) in [5, 5.41) is 13.2. The molecule has 1 fully saturated rings. The number of rotatable bonds is 4. The van der Waals surface area contributed by atoms with E-state index in [-0.39, 0.29) is 6.10 Å². The van der Waals surface area contributed by atoms with E-state index < -0.39 is 0 Å². The molecular formula is C19H21N5O. The van der Waals surface area contributed by atoms with Crippen molar-refractivity contribution in [3.8, 4) is 11.6 Å². The Balaban J connectivity index is 1.43. The summed E-state index contributed by atoms with van der Waals surface area (Å²) in [5.74, 6) is 2.54. The third kappa shape index (κ3) is 3.33. The van der Waals surface area contributed by atoms with Gasteiger partial charge >= 0.3 is 0 Å². The van der Waals surface area contributed by atoms with Crippen LogP contribution in [0.4, 0.5) is 5.82 Å². The molecule has 1 aliphatic heterocycles. The van der Waals surface area contributed by atoms with E-state index in [9.17, 15) is 0 Å². The van der Waals surface area contributed by atoms with Crippen LogP contribution < -0.4 is 9.64 Å². The average Bonchev–Trinajstić information content (AvgIpc) is 3.22. The number of para-hydroxylation sites is 1. The highest BCUT2D eigenvalue weighted by Gasteiger charge is 2.25. The number of anilines is 1. The van der Waals surface area contributed by atoms with Crippen molar-refractivity contribution >= 4 is 5.82 Å². The normalized spacial score (nSPS) is 17.0. The Morgan fingerprint density at radius 1 is 1.00 bits per heavy atom. The summed E-state index contributed by atoms with van der Waals surface area (Å²) in [4.78, 5) is 2.21. The van der Waals surface area contributed by atoms with Crippen LogP contribution in [-0.2, 0) is 0 Å². The highest BCUT2D eigenvalue weighted by molar-refractivity contribution is 5.41. The van der Waals surface area contributed by atoms with Crippen molar-refractivity contribution in [2.45, 2.75) is 26.4 Å². The molecule has 0 saturated carbocycles. The molecule has 2 aromatic heterocycles. The Morgan fingerprint density at radius 2 is 1.76 bits per heavy atom. The van der Waals surface area contributed by atoms with Gasteiger partial charge in [0, 0.05) is 18.7 Å². The molecule has 4 rings (SSSR count). The lowest BCUT2D eigenvalue weighted by atomic mass is 10.3. The summed E-state index contributed by atoms with van der Waals surface area (Å²) in [5.41, 5.74) is 2.03. The molecule has 3 aromatic rings. The Hall–Kier alpha value is -2.89. The van der Waals surface area contributed by atoms with Gasteiger partial charge in [-0.1, -0.05) is 18.2 Å². The van der Waals surface area contributed by atoms with Gasteiger partial charge in [0.25, 0.3) is 0 Å². The van der Waals surface area contributed by atoms with Crippen molar-refractivity contribution in [2.24, 2.45) is 0 Å². The maximum atomic E-state index is 6.03. The molecule has 0 spiro atoms. The first-order valence-corrected chi connectivity index (χ1v) is 8.53. The molecule has 0 N–H and O–H groups in total. The summed E-state index contributed by atoms with van der Waals surface area (Å²) in [6.07, 6.45) is 1.16. The van der Waals surface area contributed by atoms with E-state index in [1.54, 1.807) is 0 Å². The summed E-state index contributed by atoms with van der Waals surface area (Å²) < 4.78 is 7.85. The highest BCUT2D eigenvalue weighted by Crippen LogP contribution is 2.22. The molecule has 0 amide bonds. The van der Waals surface area contributed by atoms with E-state index in [0.29, 0.717) is 0 Å². The van der Waals surface area contributed by atoms with Crippen molar-refractivity contribution in [1.29, 1.82) is 0 Å². The quantitative estimate of drug-likeness (QED) is 0.734. The molecule has 1 atom stereocenters. The Morgan fingerprint density at radius 3 is 2.44 bits per heavy atom. The van der Waals surface area contributed by atoms with Gasteiger partial charge in [-0.15, -0.1) is 10.2 Å². The summed E-state index contributed by atoms with van der Waals surface area (Å²) in [6.45, 7) is 5.73. The second-order valence-electron chi connectivity index (χ2n) is 6.38. The van der Waals surface area contributed by atoms with Crippen molar-refractivity contribution in [1.82, 2.24) is 20.0 Å². The van der Waals surface area contributed by atoms with Crippen LogP contribution in [0.25, 0.3) is 5.82 Å².